The molecule has 1 aromatic carbocycles. The molecule has 0 amide bonds. The van der Waals surface area contributed by atoms with Gasteiger partial charge in [-0.1, -0.05) is 37.3 Å². The molecule has 3 aliphatic heterocycles. The van der Waals surface area contributed by atoms with Crippen LogP contribution in [-0.2, 0) is 28.9 Å². The van der Waals surface area contributed by atoms with Crippen molar-refractivity contribution in [2.75, 3.05) is 26.9 Å². The largest absolute Gasteiger partial charge is 0.382 e. The summed E-state index contributed by atoms with van der Waals surface area (Å²) < 4.78 is 35.1. The van der Waals surface area contributed by atoms with Crippen molar-refractivity contribution in [2.45, 2.75) is 76.2 Å². The van der Waals surface area contributed by atoms with Crippen LogP contribution in [0.25, 0.3) is 0 Å². The Hall–Kier alpha value is -1.91. The second-order valence-electron chi connectivity index (χ2n) is 9.97. The third-order valence-electron chi connectivity index (χ3n) is 7.60. The molecule has 1 N–H and O–H groups in total. The van der Waals surface area contributed by atoms with Gasteiger partial charge >= 0.3 is 5.69 Å². The van der Waals surface area contributed by atoms with E-state index in [0.717, 1.165) is 24.9 Å². The Kier molecular flexibility index (Phi) is 7.98. The van der Waals surface area contributed by atoms with Crippen molar-refractivity contribution in [2.24, 2.45) is 0 Å². The summed E-state index contributed by atoms with van der Waals surface area (Å²) in [5, 5.41) is 0. The Morgan fingerprint density at radius 1 is 1.19 bits per heavy atom. The number of benzene rings is 1. The van der Waals surface area contributed by atoms with E-state index in [2.05, 4.69) is 28.7 Å². The van der Waals surface area contributed by atoms with Gasteiger partial charge in [0.15, 0.2) is 6.23 Å². The zero-order valence-corrected chi connectivity index (χ0v) is 22.7. The maximum absolute atomic E-state index is 12.8. The molecule has 7 atom stereocenters. The summed E-state index contributed by atoms with van der Waals surface area (Å²) in [7, 11) is 0.214. The average Bonchev–Trinajstić information content (AvgIpc) is 3.58. The zero-order chi connectivity index (χ0) is 26.2. The lowest BCUT2D eigenvalue weighted by atomic mass is 9.87. The van der Waals surface area contributed by atoms with Crippen molar-refractivity contribution in [3.05, 3.63) is 68.5 Å². The minimum Gasteiger partial charge on any atom is -0.382 e. The lowest BCUT2D eigenvalue weighted by Crippen LogP contribution is -2.41. The molecule has 3 saturated heterocycles. The molecule has 0 saturated carbocycles. The normalized spacial score (nSPS) is 33.7. The monoisotopic (exact) mass is 533 g/mol. The summed E-state index contributed by atoms with van der Waals surface area (Å²) in [5.74, 6) is 0. The van der Waals surface area contributed by atoms with Crippen LogP contribution < -0.4 is 11.2 Å². The fourth-order valence-corrected chi connectivity index (χ4v) is 7.74. The van der Waals surface area contributed by atoms with Crippen LogP contribution in [0.2, 0.25) is 0 Å². The molecule has 1 aromatic heterocycles. The molecule has 10 nitrogen and oxygen atoms in total. The van der Waals surface area contributed by atoms with E-state index in [1.165, 1.54) is 10.8 Å². The number of ether oxygens (including phenoxy) is 3. The van der Waals surface area contributed by atoms with E-state index >= 15 is 0 Å². The van der Waals surface area contributed by atoms with E-state index < -0.39 is 43.8 Å². The van der Waals surface area contributed by atoms with Crippen LogP contribution in [0.4, 0.5) is 0 Å². The van der Waals surface area contributed by atoms with Gasteiger partial charge in [0.05, 0.1) is 25.4 Å². The number of aromatic amines is 1. The predicted molar refractivity (Wildman–Crippen MR) is 138 cm³/mol. The van der Waals surface area contributed by atoms with Gasteiger partial charge in [-0.15, -0.1) is 0 Å². The van der Waals surface area contributed by atoms with Crippen LogP contribution in [0.15, 0.2) is 46.1 Å². The summed E-state index contributed by atoms with van der Waals surface area (Å²) in [6.07, 6.45) is 2.14. The smallest absolute Gasteiger partial charge is 0.330 e. The number of fused-ring (bicyclic) bond motifs is 1. The van der Waals surface area contributed by atoms with Gasteiger partial charge in [-0.3, -0.25) is 14.3 Å². The minimum atomic E-state index is -1.40. The second kappa shape index (κ2) is 11.1. The Bertz CT molecular complexity index is 1190. The summed E-state index contributed by atoms with van der Waals surface area (Å²) >= 11 is 0. The van der Waals surface area contributed by atoms with E-state index in [-0.39, 0.29) is 12.1 Å². The first-order valence-electron chi connectivity index (χ1n) is 12.9. The molecular weight excluding hydrogens is 497 g/mol. The van der Waals surface area contributed by atoms with Gasteiger partial charge in [0.1, 0.15) is 17.8 Å². The maximum Gasteiger partial charge on any atom is 0.330 e. The predicted octanol–water partition coefficient (Wildman–Crippen LogP) is 3.21. The number of hydrogen-bond acceptors (Lipinski definition) is 8. The summed E-state index contributed by atoms with van der Waals surface area (Å²) in [5.41, 5.74) is 0.104. The molecule has 0 aliphatic carbocycles. The van der Waals surface area contributed by atoms with Gasteiger partial charge in [0.2, 0.25) is 0 Å². The van der Waals surface area contributed by atoms with Gasteiger partial charge in [-0.2, -0.15) is 0 Å². The first-order valence-corrected chi connectivity index (χ1v) is 14.1. The highest BCUT2D eigenvalue weighted by Crippen LogP contribution is 2.64. The van der Waals surface area contributed by atoms with Crippen LogP contribution in [-0.4, -0.2) is 65.4 Å². The Morgan fingerprint density at radius 3 is 2.70 bits per heavy atom. The molecule has 0 spiro atoms. The lowest BCUT2D eigenvalue weighted by molar-refractivity contribution is -0.0784. The molecule has 3 fully saturated rings. The van der Waals surface area contributed by atoms with Gasteiger partial charge in [-0.05, 0) is 38.7 Å². The first kappa shape index (κ1) is 26.7. The topological polar surface area (TPSA) is 104 Å². The highest BCUT2D eigenvalue weighted by molar-refractivity contribution is 7.45. The molecule has 11 heteroatoms. The highest BCUT2D eigenvalue weighted by atomic mass is 31.2. The fourth-order valence-electron chi connectivity index (χ4n) is 5.59. The third-order valence-corrected chi connectivity index (χ3v) is 9.46. The van der Waals surface area contributed by atoms with Gasteiger partial charge < -0.3 is 23.3 Å². The Morgan fingerprint density at radius 2 is 1.97 bits per heavy atom. The highest BCUT2D eigenvalue weighted by Gasteiger charge is 2.57. The van der Waals surface area contributed by atoms with E-state index in [9.17, 15) is 9.59 Å². The SMILES string of the molecule is CC[C@H]1O[C@@H](n2cc(C)c(=O)[nH]c2=O)C(OCCOC)[C@H]1O[P@@]1O[C@](C)(c2ccccc2)[C@@H]2CCCN21. The molecule has 0 bridgehead atoms. The average molecular weight is 534 g/mol. The minimum absolute atomic E-state index is 0.219. The number of nitrogens with zero attached hydrogens (tertiary/aromatic N) is 2. The zero-order valence-electron chi connectivity index (χ0n) is 21.8. The van der Waals surface area contributed by atoms with Gasteiger partial charge in [0, 0.05) is 25.4 Å². The molecule has 37 heavy (non-hydrogen) atoms. The van der Waals surface area contributed by atoms with Crippen LogP contribution in [0.5, 0.6) is 0 Å². The fraction of sp³-hybridized carbons (Fsp3) is 0.615. The maximum atomic E-state index is 12.8. The van der Waals surface area contributed by atoms with Gasteiger partial charge in [-0.25, -0.2) is 9.46 Å². The molecule has 5 rings (SSSR count). The van der Waals surface area contributed by atoms with Crippen molar-refractivity contribution >= 4 is 8.53 Å². The van der Waals surface area contributed by atoms with Crippen LogP contribution in [0.3, 0.4) is 0 Å². The van der Waals surface area contributed by atoms with Gasteiger partial charge in [0.25, 0.3) is 14.1 Å². The van der Waals surface area contributed by atoms with Crippen molar-refractivity contribution in [1.29, 1.82) is 0 Å². The van der Waals surface area contributed by atoms with E-state index in [1.54, 1.807) is 14.0 Å². The van der Waals surface area contributed by atoms with Crippen molar-refractivity contribution in [3.63, 3.8) is 0 Å². The van der Waals surface area contributed by atoms with Crippen molar-refractivity contribution in [3.8, 4) is 0 Å². The summed E-state index contributed by atoms with van der Waals surface area (Å²) in [6.45, 7) is 7.42. The van der Waals surface area contributed by atoms with E-state index in [1.807, 2.05) is 25.1 Å². The number of H-pyrrole nitrogens is 1. The Balaban J connectivity index is 1.45. The molecule has 2 aromatic rings. The van der Waals surface area contributed by atoms with Crippen molar-refractivity contribution in [1.82, 2.24) is 14.2 Å². The molecule has 0 radical (unpaired) electrons. The first-order chi connectivity index (χ1) is 17.9. The van der Waals surface area contributed by atoms with E-state index in [0.29, 0.717) is 25.2 Å². The number of nitrogens with one attached hydrogen (secondary N) is 1. The number of hydrogen-bond donors (Lipinski definition) is 1. The standard InChI is InChI=1S/C26H36N3O7P/c1-5-19-21(22(33-15-14-32-4)24(34-19)28-16-17(2)23(30)27-25(28)31)35-37-29-13-9-12-20(29)26(3,36-37)18-10-7-6-8-11-18/h6-8,10-11,16,19-22,24H,5,9,12-15H2,1-4H3,(H,27,30,31)/t19-,20+,21+,22?,24-,26-,37+/m1/s1. The van der Waals surface area contributed by atoms with E-state index in [4.69, 9.17) is 23.3 Å². The number of aryl methyl sites for hydroxylation is 1. The van der Waals surface area contributed by atoms with Crippen molar-refractivity contribution < 1.29 is 23.3 Å². The quantitative estimate of drug-likeness (QED) is 0.387. The van der Waals surface area contributed by atoms with Crippen LogP contribution in [0, 0.1) is 6.92 Å². The molecule has 4 heterocycles. The van der Waals surface area contributed by atoms with Crippen LogP contribution in [0.1, 0.15) is 50.5 Å². The molecule has 3 aliphatic rings. The van der Waals surface area contributed by atoms with Crippen LogP contribution >= 0.6 is 8.53 Å². The Labute approximate surface area is 217 Å². The summed E-state index contributed by atoms with van der Waals surface area (Å²) in [4.78, 5) is 27.1. The summed E-state index contributed by atoms with van der Waals surface area (Å²) in [6, 6.07) is 10.5. The third kappa shape index (κ3) is 4.96. The second-order valence-corrected chi connectivity index (χ2v) is 11.4. The molecule has 202 valence electrons. The number of rotatable bonds is 9. The molecular formula is C26H36N3O7P. The lowest BCUT2D eigenvalue weighted by Gasteiger charge is -2.29. The molecule has 1 unspecified atom stereocenters. The number of aromatic nitrogens is 2. The number of methoxy groups -OCH3 is 1.